The van der Waals surface area contributed by atoms with E-state index in [-0.39, 0.29) is 24.3 Å². The number of piperazine rings is 1. The predicted octanol–water partition coefficient (Wildman–Crippen LogP) is 2.75. The Morgan fingerprint density at radius 3 is 2.36 bits per heavy atom. The van der Waals surface area contributed by atoms with Crippen LogP contribution in [-0.2, 0) is 16.1 Å². The first kappa shape index (κ1) is 18.8. The van der Waals surface area contributed by atoms with Crippen molar-refractivity contribution in [1.29, 1.82) is 0 Å². The van der Waals surface area contributed by atoms with Gasteiger partial charge in [-0.1, -0.05) is 42.5 Å². The molecule has 0 aliphatic carbocycles. The zero-order valence-corrected chi connectivity index (χ0v) is 16.6. The fourth-order valence-electron chi connectivity index (χ4n) is 4.19. The summed E-state index contributed by atoms with van der Waals surface area (Å²) in [4.78, 5) is 31.8. The van der Waals surface area contributed by atoms with Crippen molar-refractivity contribution in [2.75, 3.05) is 31.1 Å². The first-order valence-corrected chi connectivity index (χ1v) is 9.97. The van der Waals surface area contributed by atoms with Crippen LogP contribution >= 0.6 is 0 Å². The van der Waals surface area contributed by atoms with E-state index in [0.717, 1.165) is 49.5 Å². The number of amides is 2. The number of anilines is 1. The molecule has 2 aliphatic heterocycles. The Bertz CT molecular complexity index is 873. The average Bonchev–Trinajstić information content (AvgIpc) is 2.99. The van der Waals surface area contributed by atoms with Crippen LogP contribution in [-0.4, -0.2) is 53.8 Å². The second-order valence-electron chi connectivity index (χ2n) is 7.87. The van der Waals surface area contributed by atoms with Crippen LogP contribution in [0.3, 0.4) is 0 Å². The van der Waals surface area contributed by atoms with E-state index in [1.807, 2.05) is 38.1 Å². The molecule has 2 aliphatic rings. The van der Waals surface area contributed by atoms with E-state index in [4.69, 9.17) is 0 Å². The molecule has 4 rings (SSSR count). The molecule has 0 spiro atoms. The van der Waals surface area contributed by atoms with Gasteiger partial charge in [-0.25, -0.2) is 4.90 Å². The quantitative estimate of drug-likeness (QED) is 0.769. The van der Waals surface area contributed by atoms with Gasteiger partial charge < -0.3 is 0 Å². The Hall–Kier alpha value is -2.50. The summed E-state index contributed by atoms with van der Waals surface area (Å²) < 4.78 is 0. The summed E-state index contributed by atoms with van der Waals surface area (Å²) in [5, 5.41) is 0. The minimum Gasteiger partial charge on any atom is -0.297 e. The molecule has 2 saturated heterocycles. The molecule has 0 saturated carbocycles. The van der Waals surface area contributed by atoms with Crippen molar-refractivity contribution in [1.82, 2.24) is 9.80 Å². The normalized spacial score (nSPS) is 21.5. The maximum atomic E-state index is 13.1. The van der Waals surface area contributed by atoms with Crippen molar-refractivity contribution < 1.29 is 9.59 Å². The van der Waals surface area contributed by atoms with Gasteiger partial charge in [0.1, 0.15) is 0 Å². The summed E-state index contributed by atoms with van der Waals surface area (Å²) in [6.07, 6.45) is 0.283. The number of hydrogen-bond donors (Lipinski definition) is 0. The maximum absolute atomic E-state index is 13.1. The lowest BCUT2D eigenvalue weighted by atomic mass is 10.1. The number of hydrogen-bond acceptors (Lipinski definition) is 4. The summed E-state index contributed by atoms with van der Waals surface area (Å²) in [7, 11) is 0. The first-order chi connectivity index (χ1) is 13.5. The van der Waals surface area contributed by atoms with Crippen molar-refractivity contribution in [2.45, 2.75) is 32.9 Å². The average molecular weight is 377 g/mol. The largest absolute Gasteiger partial charge is 0.297 e. The van der Waals surface area contributed by atoms with Crippen molar-refractivity contribution in [3.05, 3.63) is 65.2 Å². The van der Waals surface area contributed by atoms with Crippen LogP contribution in [0.5, 0.6) is 0 Å². The zero-order chi connectivity index (χ0) is 19.7. The highest BCUT2D eigenvalue weighted by atomic mass is 16.2. The standard InChI is InChI=1S/C23H27N3O2/c1-17-8-9-18(2)20(14-17)26-22(27)15-21(23(26)28)25-12-10-24(11-13-25)16-19-6-4-3-5-7-19/h3-9,14,21H,10-13,15-16H2,1-2H3. The van der Waals surface area contributed by atoms with E-state index in [9.17, 15) is 9.59 Å². The summed E-state index contributed by atoms with van der Waals surface area (Å²) >= 11 is 0. The third-order valence-corrected chi connectivity index (χ3v) is 5.83. The molecular weight excluding hydrogens is 350 g/mol. The Kier molecular flexibility index (Phi) is 5.29. The minimum atomic E-state index is -0.328. The Balaban J connectivity index is 1.41. The smallest absolute Gasteiger partial charge is 0.251 e. The monoisotopic (exact) mass is 377 g/mol. The van der Waals surface area contributed by atoms with Crippen LogP contribution in [0.25, 0.3) is 0 Å². The number of aryl methyl sites for hydroxylation is 2. The Labute approximate surface area is 166 Å². The molecule has 28 heavy (non-hydrogen) atoms. The molecule has 1 unspecified atom stereocenters. The number of carbonyl (C=O) groups excluding carboxylic acids is 2. The van der Waals surface area contributed by atoms with E-state index >= 15 is 0 Å². The van der Waals surface area contributed by atoms with Gasteiger partial charge in [-0.3, -0.25) is 19.4 Å². The van der Waals surface area contributed by atoms with Crippen LogP contribution in [0, 0.1) is 13.8 Å². The van der Waals surface area contributed by atoms with Gasteiger partial charge >= 0.3 is 0 Å². The first-order valence-electron chi connectivity index (χ1n) is 9.97. The maximum Gasteiger partial charge on any atom is 0.251 e. The Morgan fingerprint density at radius 2 is 1.64 bits per heavy atom. The number of rotatable bonds is 4. The van der Waals surface area contributed by atoms with Gasteiger partial charge in [-0.2, -0.15) is 0 Å². The topological polar surface area (TPSA) is 43.9 Å². The van der Waals surface area contributed by atoms with Gasteiger partial charge in [0.25, 0.3) is 5.91 Å². The lowest BCUT2D eigenvalue weighted by Gasteiger charge is -2.37. The van der Waals surface area contributed by atoms with Gasteiger partial charge in [0, 0.05) is 32.7 Å². The van der Waals surface area contributed by atoms with E-state index in [2.05, 4.69) is 34.1 Å². The fraction of sp³-hybridized carbons (Fsp3) is 0.391. The van der Waals surface area contributed by atoms with E-state index in [1.165, 1.54) is 10.5 Å². The van der Waals surface area contributed by atoms with Crippen molar-refractivity contribution in [3.8, 4) is 0 Å². The second-order valence-corrected chi connectivity index (χ2v) is 7.87. The number of benzene rings is 2. The summed E-state index contributed by atoms with van der Waals surface area (Å²) in [5.74, 6) is -0.161. The van der Waals surface area contributed by atoms with Crippen LogP contribution in [0.4, 0.5) is 5.69 Å². The van der Waals surface area contributed by atoms with Crippen LogP contribution in [0.2, 0.25) is 0 Å². The molecule has 5 nitrogen and oxygen atoms in total. The number of nitrogens with zero attached hydrogens (tertiary/aromatic N) is 3. The van der Waals surface area contributed by atoms with E-state index in [1.54, 1.807) is 0 Å². The number of carbonyl (C=O) groups is 2. The summed E-state index contributed by atoms with van der Waals surface area (Å²) in [6, 6.07) is 16.0. The zero-order valence-electron chi connectivity index (χ0n) is 16.6. The molecule has 0 aromatic heterocycles. The van der Waals surface area contributed by atoms with E-state index < -0.39 is 0 Å². The molecule has 0 radical (unpaired) electrons. The lowest BCUT2D eigenvalue weighted by Crippen LogP contribution is -2.52. The molecule has 2 heterocycles. The fourth-order valence-corrected chi connectivity index (χ4v) is 4.19. The van der Waals surface area contributed by atoms with Gasteiger partial charge in [-0.05, 0) is 36.6 Å². The van der Waals surface area contributed by atoms with Crippen LogP contribution in [0.15, 0.2) is 48.5 Å². The van der Waals surface area contributed by atoms with E-state index in [0.29, 0.717) is 0 Å². The molecule has 2 fully saturated rings. The van der Waals surface area contributed by atoms with Crippen LogP contribution < -0.4 is 4.90 Å². The van der Waals surface area contributed by atoms with Crippen molar-refractivity contribution >= 4 is 17.5 Å². The highest BCUT2D eigenvalue weighted by molar-refractivity contribution is 6.22. The second kappa shape index (κ2) is 7.86. The third kappa shape index (κ3) is 3.73. The molecule has 146 valence electrons. The molecular formula is C23H27N3O2. The molecule has 1 atom stereocenters. The predicted molar refractivity (Wildman–Crippen MR) is 110 cm³/mol. The van der Waals surface area contributed by atoms with Crippen molar-refractivity contribution in [2.24, 2.45) is 0 Å². The van der Waals surface area contributed by atoms with Gasteiger partial charge in [0.15, 0.2) is 0 Å². The van der Waals surface area contributed by atoms with Gasteiger partial charge in [0.2, 0.25) is 5.91 Å². The van der Waals surface area contributed by atoms with Crippen molar-refractivity contribution in [3.63, 3.8) is 0 Å². The molecule has 5 heteroatoms. The summed E-state index contributed by atoms with van der Waals surface area (Å²) in [5.41, 5.74) is 4.06. The van der Waals surface area contributed by atoms with Gasteiger partial charge in [-0.15, -0.1) is 0 Å². The number of imide groups is 1. The third-order valence-electron chi connectivity index (χ3n) is 5.83. The molecule has 0 bridgehead atoms. The highest BCUT2D eigenvalue weighted by Gasteiger charge is 2.43. The lowest BCUT2D eigenvalue weighted by molar-refractivity contribution is -0.123. The molecule has 0 N–H and O–H groups in total. The Morgan fingerprint density at radius 1 is 0.929 bits per heavy atom. The molecule has 2 aromatic carbocycles. The highest BCUT2D eigenvalue weighted by Crippen LogP contribution is 2.29. The molecule has 2 aromatic rings. The van der Waals surface area contributed by atoms with Crippen LogP contribution in [0.1, 0.15) is 23.1 Å². The van der Waals surface area contributed by atoms with Gasteiger partial charge in [0.05, 0.1) is 18.2 Å². The summed E-state index contributed by atoms with van der Waals surface area (Å²) in [6.45, 7) is 8.32. The molecule has 2 amide bonds. The SMILES string of the molecule is Cc1ccc(C)c(N2C(=O)CC(N3CCN(Cc4ccccc4)CC3)C2=O)c1. The minimum absolute atomic E-state index is 0.0739.